The molecule has 1 aliphatic rings. The number of hydrogen-bond acceptors (Lipinski definition) is 7. The minimum absolute atomic E-state index is 0.141. The monoisotopic (exact) mass is 388 g/mol. The molecular weight excluding hydrogens is 368 g/mol. The van der Waals surface area contributed by atoms with Gasteiger partial charge in [-0.25, -0.2) is 4.79 Å². The second-order valence-electron chi connectivity index (χ2n) is 6.46. The van der Waals surface area contributed by atoms with Gasteiger partial charge in [0, 0.05) is 0 Å². The fourth-order valence-corrected chi connectivity index (χ4v) is 2.93. The first-order chi connectivity index (χ1) is 13.4. The summed E-state index contributed by atoms with van der Waals surface area (Å²) in [6, 6.07) is 16.9. The van der Waals surface area contributed by atoms with E-state index in [0.717, 1.165) is 11.1 Å². The highest BCUT2D eigenvalue weighted by Gasteiger charge is 2.48. The zero-order chi connectivity index (χ0) is 20.3. The Bertz CT molecular complexity index is 820. The predicted octanol–water partition coefficient (Wildman–Crippen LogP) is 0.331. The van der Waals surface area contributed by atoms with Gasteiger partial charge in [0.05, 0.1) is 6.42 Å². The molecule has 3 rings (SSSR count). The molecule has 0 aromatic heterocycles. The summed E-state index contributed by atoms with van der Waals surface area (Å²) in [6.45, 7) is 0. The number of carboxylic acids is 1. The fraction of sp³-hybridized carbons (Fsp3) is 0.300. The summed E-state index contributed by atoms with van der Waals surface area (Å²) in [5.74, 6) is -2.32. The molecule has 2 aromatic carbocycles. The van der Waals surface area contributed by atoms with Gasteiger partial charge in [0.1, 0.15) is 18.3 Å². The van der Waals surface area contributed by atoms with Crippen molar-refractivity contribution in [2.45, 2.75) is 37.1 Å². The zero-order valence-corrected chi connectivity index (χ0v) is 14.7. The van der Waals surface area contributed by atoms with Gasteiger partial charge in [0.15, 0.2) is 6.10 Å². The average Bonchev–Trinajstić information content (AvgIpc) is 2.69. The van der Waals surface area contributed by atoms with Gasteiger partial charge in [-0.2, -0.15) is 0 Å². The van der Waals surface area contributed by atoms with Gasteiger partial charge in [-0.05, 0) is 16.7 Å². The largest absolute Gasteiger partial charge is 0.479 e. The maximum atomic E-state index is 12.1. The molecule has 2 aromatic rings. The number of rotatable bonds is 5. The molecule has 0 saturated carbocycles. The molecule has 1 fully saturated rings. The maximum absolute atomic E-state index is 12.1. The molecule has 4 N–H and O–H groups in total. The Morgan fingerprint density at radius 2 is 1.46 bits per heavy atom. The van der Waals surface area contributed by atoms with Crippen LogP contribution < -0.4 is 0 Å². The van der Waals surface area contributed by atoms with Crippen LogP contribution in [0.2, 0.25) is 0 Å². The van der Waals surface area contributed by atoms with Gasteiger partial charge < -0.3 is 29.9 Å². The second kappa shape index (κ2) is 8.49. The minimum Gasteiger partial charge on any atom is -0.479 e. The average molecular weight is 388 g/mol. The normalized spacial score (nSPS) is 27.2. The Morgan fingerprint density at radius 3 is 2.07 bits per heavy atom. The molecule has 148 valence electrons. The molecule has 0 bridgehead atoms. The number of aliphatic hydroxyl groups excluding tert-OH is 3. The highest BCUT2D eigenvalue weighted by molar-refractivity contribution is 5.74. The molecule has 8 heteroatoms. The number of benzene rings is 2. The summed E-state index contributed by atoms with van der Waals surface area (Å²) in [6.07, 6.45) is -9.09. The summed E-state index contributed by atoms with van der Waals surface area (Å²) >= 11 is 0. The molecule has 0 unspecified atom stereocenters. The highest BCUT2D eigenvalue weighted by atomic mass is 16.7. The zero-order valence-electron chi connectivity index (χ0n) is 14.7. The molecule has 8 nitrogen and oxygen atoms in total. The van der Waals surface area contributed by atoms with Crippen LogP contribution in [0, 0.1) is 0 Å². The lowest BCUT2D eigenvalue weighted by Gasteiger charge is -2.37. The molecule has 1 heterocycles. The van der Waals surface area contributed by atoms with Crippen molar-refractivity contribution in [1.29, 1.82) is 0 Å². The lowest BCUT2D eigenvalue weighted by molar-refractivity contribution is -0.286. The van der Waals surface area contributed by atoms with Crippen molar-refractivity contribution in [3.63, 3.8) is 0 Å². The topological polar surface area (TPSA) is 134 Å². The van der Waals surface area contributed by atoms with Gasteiger partial charge in [0.25, 0.3) is 0 Å². The van der Waals surface area contributed by atoms with Crippen molar-refractivity contribution in [1.82, 2.24) is 0 Å². The lowest BCUT2D eigenvalue weighted by atomic mass is 9.99. The van der Waals surface area contributed by atoms with Gasteiger partial charge in [0.2, 0.25) is 6.29 Å². The Labute approximate surface area is 160 Å². The Hall–Kier alpha value is -2.78. The number of ether oxygens (including phenoxy) is 2. The third-order valence-electron chi connectivity index (χ3n) is 4.47. The summed E-state index contributed by atoms with van der Waals surface area (Å²) in [5.41, 5.74) is 2.65. The van der Waals surface area contributed by atoms with E-state index in [1.165, 1.54) is 0 Å². The lowest BCUT2D eigenvalue weighted by Crippen LogP contribution is -2.60. The Kier molecular flexibility index (Phi) is 6.05. The van der Waals surface area contributed by atoms with Gasteiger partial charge in [-0.3, -0.25) is 4.79 Å². The van der Waals surface area contributed by atoms with Crippen LogP contribution >= 0.6 is 0 Å². The van der Waals surface area contributed by atoms with Crippen LogP contribution in [0.5, 0.6) is 0 Å². The standard InChI is InChI=1S/C20H20O8/c21-14(27-20-17(24)15(22)16(23)18(28-20)19(25)26)10-11-6-8-13(9-7-11)12-4-2-1-3-5-12/h1-9,15-18,20,22-24H,10H2,(H,25,26)/t15-,16-,17+,18-,20+/m0/s1. The summed E-state index contributed by atoms with van der Waals surface area (Å²) in [4.78, 5) is 23.2. The maximum Gasteiger partial charge on any atom is 0.335 e. The number of hydrogen-bond donors (Lipinski definition) is 4. The predicted molar refractivity (Wildman–Crippen MR) is 96.0 cm³/mol. The Morgan fingerprint density at radius 1 is 0.857 bits per heavy atom. The van der Waals surface area contributed by atoms with Crippen molar-refractivity contribution >= 4 is 11.9 Å². The number of esters is 1. The number of carboxylic acid groups (broad SMARTS) is 1. The number of carbonyl (C=O) groups excluding carboxylic acids is 1. The molecule has 0 amide bonds. The van der Waals surface area contributed by atoms with Crippen LogP contribution in [0.4, 0.5) is 0 Å². The molecule has 0 spiro atoms. The molecule has 1 aliphatic heterocycles. The Balaban J connectivity index is 1.62. The van der Waals surface area contributed by atoms with Gasteiger partial charge in [-0.15, -0.1) is 0 Å². The summed E-state index contributed by atoms with van der Waals surface area (Å²) in [7, 11) is 0. The van der Waals surface area contributed by atoms with Gasteiger partial charge in [-0.1, -0.05) is 54.6 Å². The van der Waals surface area contributed by atoms with Crippen LogP contribution in [0.1, 0.15) is 5.56 Å². The smallest absolute Gasteiger partial charge is 0.335 e. The van der Waals surface area contributed by atoms with E-state index in [2.05, 4.69) is 0 Å². The first-order valence-corrected chi connectivity index (χ1v) is 8.63. The van der Waals surface area contributed by atoms with E-state index in [9.17, 15) is 24.9 Å². The van der Waals surface area contributed by atoms with Crippen LogP contribution in [-0.4, -0.2) is 63.1 Å². The first kappa shape index (κ1) is 20.0. The van der Waals surface area contributed by atoms with Crippen LogP contribution in [0.15, 0.2) is 54.6 Å². The van der Waals surface area contributed by atoms with Crippen LogP contribution in [-0.2, 0) is 25.5 Å². The van der Waals surface area contributed by atoms with Crippen molar-refractivity contribution < 1.29 is 39.5 Å². The van der Waals surface area contributed by atoms with E-state index >= 15 is 0 Å². The summed E-state index contributed by atoms with van der Waals surface area (Å²) < 4.78 is 9.90. The third kappa shape index (κ3) is 4.37. The van der Waals surface area contributed by atoms with Crippen molar-refractivity contribution in [3.05, 3.63) is 60.2 Å². The number of carbonyl (C=O) groups is 2. The summed E-state index contributed by atoms with van der Waals surface area (Å²) in [5, 5.41) is 38.3. The van der Waals surface area contributed by atoms with Crippen LogP contribution in [0.3, 0.4) is 0 Å². The van der Waals surface area contributed by atoms with E-state index in [0.29, 0.717) is 5.56 Å². The second-order valence-corrected chi connectivity index (χ2v) is 6.46. The van der Waals surface area contributed by atoms with Gasteiger partial charge >= 0.3 is 11.9 Å². The minimum atomic E-state index is -1.84. The van der Waals surface area contributed by atoms with E-state index in [1.54, 1.807) is 12.1 Å². The SMILES string of the molecule is O=C(Cc1ccc(-c2ccccc2)cc1)O[C@@H]1O[C@H](C(=O)O)[C@@H](O)[C@H](O)[C@H]1O. The van der Waals surface area contributed by atoms with E-state index in [4.69, 9.17) is 14.6 Å². The van der Waals surface area contributed by atoms with Crippen molar-refractivity contribution in [2.24, 2.45) is 0 Å². The van der Waals surface area contributed by atoms with Crippen molar-refractivity contribution in [2.75, 3.05) is 0 Å². The molecule has 0 aliphatic carbocycles. The highest BCUT2D eigenvalue weighted by Crippen LogP contribution is 2.23. The van der Waals surface area contributed by atoms with E-state index in [-0.39, 0.29) is 6.42 Å². The number of aliphatic carboxylic acids is 1. The fourth-order valence-electron chi connectivity index (χ4n) is 2.93. The van der Waals surface area contributed by atoms with E-state index < -0.39 is 42.6 Å². The molecule has 1 saturated heterocycles. The quantitative estimate of drug-likeness (QED) is 0.539. The first-order valence-electron chi connectivity index (χ1n) is 8.63. The van der Waals surface area contributed by atoms with Crippen LogP contribution in [0.25, 0.3) is 11.1 Å². The molecule has 5 atom stereocenters. The third-order valence-corrected chi connectivity index (χ3v) is 4.47. The van der Waals surface area contributed by atoms with Crippen molar-refractivity contribution in [3.8, 4) is 11.1 Å². The molecule has 28 heavy (non-hydrogen) atoms. The van der Waals surface area contributed by atoms with E-state index in [1.807, 2.05) is 42.5 Å². The molecular formula is C20H20O8. The molecule has 0 radical (unpaired) electrons. The number of aliphatic hydroxyl groups is 3.